The molecule has 2 N–H and O–H groups in total. The Morgan fingerprint density at radius 3 is 2.70 bits per heavy atom. The minimum Gasteiger partial charge on any atom is -0.497 e. The molecule has 2 aromatic carbocycles. The van der Waals surface area contributed by atoms with E-state index in [0.717, 1.165) is 22.6 Å². The van der Waals surface area contributed by atoms with Gasteiger partial charge in [-0.2, -0.15) is 15.3 Å². The zero-order valence-corrected chi connectivity index (χ0v) is 14.2. The van der Waals surface area contributed by atoms with Gasteiger partial charge in [-0.1, -0.05) is 0 Å². The highest BCUT2D eigenvalue weighted by Gasteiger charge is 2.08. The molecule has 0 aliphatic heterocycles. The van der Waals surface area contributed by atoms with Gasteiger partial charge in [0.2, 0.25) is 5.82 Å². The first-order valence-electron chi connectivity index (χ1n) is 7.89. The van der Waals surface area contributed by atoms with Gasteiger partial charge in [-0.25, -0.2) is 0 Å². The van der Waals surface area contributed by atoms with Gasteiger partial charge in [-0.3, -0.25) is 0 Å². The SMILES string of the molecule is COc1ccc(-n2nc3ccc(NC=C(C#N)c4nn[nH]n4)cc3n2)cc1. The molecular weight excluding hydrogens is 346 g/mol. The number of ether oxygens (including phenoxy) is 1. The molecule has 0 bridgehead atoms. The second-order valence-corrected chi connectivity index (χ2v) is 5.44. The van der Waals surface area contributed by atoms with Crippen molar-refractivity contribution < 1.29 is 4.74 Å². The molecule has 4 aromatic rings. The predicted octanol–water partition coefficient (Wildman–Crippen LogP) is 1.92. The van der Waals surface area contributed by atoms with Gasteiger partial charge in [0.15, 0.2) is 0 Å². The van der Waals surface area contributed by atoms with Crippen LogP contribution in [0.3, 0.4) is 0 Å². The number of H-pyrrole nitrogens is 1. The van der Waals surface area contributed by atoms with E-state index in [1.54, 1.807) is 11.9 Å². The van der Waals surface area contributed by atoms with Gasteiger partial charge in [0, 0.05) is 11.9 Å². The lowest BCUT2D eigenvalue weighted by atomic mass is 10.2. The number of tetrazole rings is 1. The summed E-state index contributed by atoms with van der Waals surface area (Å²) in [7, 11) is 1.62. The number of hydrogen-bond acceptors (Lipinski definition) is 8. The first kappa shape index (κ1) is 16.2. The summed E-state index contributed by atoms with van der Waals surface area (Å²) in [4.78, 5) is 1.56. The number of anilines is 1. The van der Waals surface area contributed by atoms with E-state index in [-0.39, 0.29) is 11.4 Å². The molecule has 0 unspecified atom stereocenters. The molecule has 0 atom stereocenters. The van der Waals surface area contributed by atoms with Crippen molar-refractivity contribution in [2.24, 2.45) is 0 Å². The van der Waals surface area contributed by atoms with E-state index in [9.17, 15) is 5.26 Å². The minimum absolute atomic E-state index is 0.219. The van der Waals surface area contributed by atoms with Crippen LogP contribution >= 0.6 is 0 Å². The normalized spacial score (nSPS) is 11.3. The van der Waals surface area contributed by atoms with Crippen LogP contribution in [0.15, 0.2) is 48.7 Å². The summed E-state index contributed by atoms with van der Waals surface area (Å²) in [5, 5.41) is 34.5. The molecule has 2 heterocycles. The number of nitrogens with one attached hydrogen (secondary N) is 2. The fourth-order valence-electron chi connectivity index (χ4n) is 2.41. The largest absolute Gasteiger partial charge is 0.497 e. The number of nitrogens with zero attached hydrogens (tertiary/aromatic N) is 7. The van der Waals surface area contributed by atoms with E-state index < -0.39 is 0 Å². The van der Waals surface area contributed by atoms with Gasteiger partial charge in [0.1, 0.15) is 28.4 Å². The van der Waals surface area contributed by atoms with Crippen molar-refractivity contribution in [1.82, 2.24) is 35.6 Å². The Kier molecular flexibility index (Phi) is 4.16. The molecule has 0 spiro atoms. The van der Waals surface area contributed by atoms with Crippen LogP contribution in [0.1, 0.15) is 5.82 Å². The molecule has 2 aromatic heterocycles. The number of fused-ring (bicyclic) bond motifs is 1. The number of allylic oxidation sites excluding steroid dienone is 1. The highest BCUT2D eigenvalue weighted by molar-refractivity contribution is 5.80. The molecule has 4 rings (SSSR count). The van der Waals surface area contributed by atoms with E-state index >= 15 is 0 Å². The quantitative estimate of drug-likeness (QED) is 0.517. The van der Waals surface area contributed by atoms with E-state index in [0.29, 0.717) is 5.52 Å². The van der Waals surface area contributed by atoms with E-state index in [1.165, 1.54) is 6.20 Å². The summed E-state index contributed by atoms with van der Waals surface area (Å²) in [6, 6.07) is 15.0. The summed E-state index contributed by atoms with van der Waals surface area (Å²) in [6.07, 6.45) is 1.51. The first-order valence-corrected chi connectivity index (χ1v) is 7.89. The van der Waals surface area contributed by atoms with Gasteiger partial charge in [-0.15, -0.1) is 20.4 Å². The third kappa shape index (κ3) is 3.29. The molecule has 27 heavy (non-hydrogen) atoms. The number of aromatic nitrogens is 7. The molecule has 0 saturated carbocycles. The van der Waals surface area contributed by atoms with Crippen molar-refractivity contribution in [2.45, 2.75) is 0 Å². The number of benzene rings is 2. The minimum atomic E-state index is 0.219. The number of hydrogen-bond donors (Lipinski definition) is 2. The highest BCUT2D eigenvalue weighted by Crippen LogP contribution is 2.19. The summed E-state index contributed by atoms with van der Waals surface area (Å²) < 4.78 is 5.16. The van der Waals surface area contributed by atoms with Crippen LogP contribution in [0, 0.1) is 11.3 Å². The number of aromatic amines is 1. The summed E-state index contributed by atoms with van der Waals surface area (Å²) in [6.45, 7) is 0. The second kappa shape index (κ2) is 6.93. The lowest BCUT2D eigenvalue weighted by Gasteiger charge is -2.01. The molecule has 0 aliphatic carbocycles. The van der Waals surface area contributed by atoms with Crippen LogP contribution in [0.25, 0.3) is 22.3 Å². The lowest BCUT2D eigenvalue weighted by Crippen LogP contribution is -1.98. The van der Waals surface area contributed by atoms with Gasteiger partial charge in [0.25, 0.3) is 0 Å². The van der Waals surface area contributed by atoms with Crippen molar-refractivity contribution in [3.63, 3.8) is 0 Å². The van der Waals surface area contributed by atoms with Crippen LogP contribution in [0.5, 0.6) is 5.75 Å². The van der Waals surface area contributed by atoms with Gasteiger partial charge in [0.05, 0.1) is 12.8 Å². The molecule has 0 saturated heterocycles. The maximum atomic E-state index is 9.20. The maximum Gasteiger partial charge on any atom is 0.216 e. The fourth-order valence-corrected chi connectivity index (χ4v) is 2.41. The molecule has 0 radical (unpaired) electrons. The monoisotopic (exact) mass is 359 g/mol. The smallest absolute Gasteiger partial charge is 0.216 e. The van der Waals surface area contributed by atoms with Crippen molar-refractivity contribution in [2.75, 3.05) is 12.4 Å². The molecule has 0 amide bonds. The van der Waals surface area contributed by atoms with E-state index in [2.05, 4.69) is 36.1 Å². The standard InChI is InChI=1S/C17H13N9O/c1-27-14-5-3-13(4-6-14)26-22-15-7-2-12(8-16(15)23-26)19-10-11(9-18)17-20-24-25-21-17/h2-8,10,19H,1H3,(H,20,21,24,25). The highest BCUT2D eigenvalue weighted by atomic mass is 16.5. The molecular formula is C17H13N9O. The van der Waals surface area contributed by atoms with E-state index in [4.69, 9.17) is 4.74 Å². The van der Waals surface area contributed by atoms with E-state index in [1.807, 2.05) is 48.5 Å². The Bertz CT molecular complexity index is 1140. The van der Waals surface area contributed by atoms with Crippen LogP contribution < -0.4 is 10.1 Å². The third-order valence-corrected chi connectivity index (χ3v) is 3.77. The van der Waals surface area contributed by atoms with Crippen molar-refractivity contribution in [3.8, 4) is 17.5 Å². The zero-order chi connectivity index (χ0) is 18.6. The lowest BCUT2D eigenvalue weighted by molar-refractivity contribution is 0.414. The number of nitriles is 1. The third-order valence-electron chi connectivity index (χ3n) is 3.77. The Labute approximate surface area is 153 Å². The van der Waals surface area contributed by atoms with Gasteiger partial charge >= 0.3 is 0 Å². The van der Waals surface area contributed by atoms with Gasteiger partial charge < -0.3 is 10.1 Å². The predicted molar refractivity (Wildman–Crippen MR) is 96.8 cm³/mol. The molecule has 132 valence electrons. The van der Waals surface area contributed by atoms with Crippen LogP contribution in [0.2, 0.25) is 0 Å². The molecule has 10 heteroatoms. The Hall–Kier alpha value is -4.26. The van der Waals surface area contributed by atoms with Crippen molar-refractivity contribution >= 4 is 22.3 Å². The zero-order valence-electron chi connectivity index (χ0n) is 14.2. The first-order chi connectivity index (χ1) is 13.3. The van der Waals surface area contributed by atoms with Crippen LogP contribution in [-0.2, 0) is 0 Å². The van der Waals surface area contributed by atoms with Gasteiger partial charge in [-0.05, 0) is 47.7 Å². The summed E-state index contributed by atoms with van der Waals surface area (Å²) >= 11 is 0. The maximum absolute atomic E-state index is 9.20. The van der Waals surface area contributed by atoms with Crippen LogP contribution in [0.4, 0.5) is 5.69 Å². The number of methoxy groups -OCH3 is 1. The molecule has 0 fully saturated rings. The molecule has 0 aliphatic rings. The number of rotatable bonds is 5. The Morgan fingerprint density at radius 2 is 2.00 bits per heavy atom. The fraction of sp³-hybridized carbons (Fsp3) is 0.0588. The topological polar surface area (TPSA) is 130 Å². The Balaban J connectivity index is 1.60. The average Bonchev–Trinajstić information content (AvgIpc) is 3.38. The second-order valence-electron chi connectivity index (χ2n) is 5.44. The van der Waals surface area contributed by atoms with Crippen molar-refractivity contribution in [1.29, 1.82) is 5.26 Å². The molecule has 10 nitrogen and oxygen atoms in total. The summed E-state index contributed by atoms with van der Waals surface area (Å²) in [5.41, 5.74) is 3.29. The van der Waals surface area contributed by atoms with Crippen LogP contribution in [-0.4, -0.2) is 42.7 Å². The summed E-state index contributed by atoms with van der Waals surface area (Å²) in [5.74, 6) is 0.986. The average molecular weight is 359 g/mol. The Morgan fingerprint density at radius 1 is 1.19 bits per heavy atom. The van der Waals surface area contributed by atoms with Crippen molar-refractivity contribution in [3.05, 3.63) is 54.5 Å².